The fraction of sp³-hybridized carbons (Fsp3) is 0.200. The molecule has 1 atom stereocenters. The minimum Gasteiger partial charge on any atom is -0.493 e. The molecule has 0 saturated carbocycles. The first-order valence-electron chi connectivity index (χ1n) is 5.98. The molecule has 0 aliphatic rings. The number of alkyl halides is 1. The van der Waals surface area contributed by atoms with Gasteiger partial charge in [0.25, 0.3) is 0 Å². The Morgan fingerprint density at radius 1 is 0.857 bits per heavy atom. The molecule has 0 amide bonds. The van der Waals surface area contributed by atoms with Crippen molar-refractivity contribution in [3.05, 3.63) is 54.9 Å². The second-order valence-electron chi connectivity index (χ2n) is 4.26. The second-order valence-corrected chi connectivity index (χ2v) is 7.32. The van der Waals surface area contributed by atoms with Crippen LogP contribution in [0.25, 0.3) is 0 Å². The minimum absolute atomic E-state index is 0.328. The Kier molecular flexibility index (Phi) is 6.00. The van der Waals surface area contributed by atoms with Crippen molar-refractivity contribution < 1.29 is 9.47 Å². The Morgan fingerprint density at radius 3 is 2.05 bits per heavy atom. The summed E-state index contributed by atoms with van der Waals surface area (Å²) in [7, 11) is 3.21. The van der Waals surface area contributed by atoms with E-state index in [4.69, 9.17) is 21.1 Å². The van der Waals surface area contributed by atoms with Gasteiger partial charge in [0, 0.05) is 13.4 Å². The number of benzene rings is 2. The molecule has 0 aromatic heterocycles. The third-order valence-corrected chi connectivity index (χ3v) is 5.38. The normalized spacial score (nSPS) is 12.1. The molecular weight excluding hydrogens is 487 g/mol. The van der Waals surface area contributed by atoms with Crippen LogP contribution in [-0.2, 0) is 0 Å². The summed E-state index contributed by atoms with van der Waals surface area (Å²) in [6.45, 7) is 0. The van der Waals surface area contributed by atoms with Gasteiger partial charge < -0.3 is 9.47 Å². The number of hydrogen-bond donors (Lipinski definition) is 0. The van der Waals surface area contributed by atoms with E-state index in [1.165, 1.54) is 0 Å². The molecule has 0 bridgehead atoms. The van der Waals surface area contributed by atoms with Gasteiger partial charge in [-0.25, -0.2) is 0 Å². The van der Waals surface area contributed by atoms with Crippen LogP contribution in [0.4, 0.5) is 0 Å². The van der Waals surface area contributed by atoms with Crippen molar-refractivity contribution in [2.45, 2.75) is 5.38 Å². The highest BCUT2D eigenvalue weighted by Crippen LogP contribution is 2.42. The molecule has 112 valence electrons. The predicted octanol–water partition coefficient (Wildman–Crippen LogP) is 6.32. The third-order valence-electron chi connectivity index (χ3n) is 3.01. The first-order chi connectivity index (χ1) is 9.97. The highest BCUT2D eigenvalue weighted by molar-refractivity contribution is 9.11. The van der Waals surface area contributed by atoms with Crippen molar-refractivity contribution >= 4 is 59.4 Å². The molecule has 2 aromatic rings. The van der Waals surface area contributed by atoms with E-state index in [0.29, 0.717) is 11.5 Å². The van der Waals surface area contributed by atoms with Crippen LogP contribution in [0.15, 0.2) is 43.7 Å². The maximum Gasteiger partial charge on any atom is 0.161 e. The molecule has 0 saturated heterocycles. The molecule has 6 heteroatoms. The number of hydrogen-bond acceptors (Lipinski definition) is 2. The highest BCUT2D eigenvalue weighted by Gasteiger charge is 2.20. The zero-order valence-corrected chi connectivity index (χ0v) is 16.8. The van der Waals surface area contributed by atoms with E-state index in [9.17, 15) is 0 Å². The van der Waals surface area contributed by atoms with Gasteiger partial charge >= 0.3 is 0 Å². The summed E-state index contributed by atoms with van der Waals surface area (Å²) in [4.78, 5) is 0. The lowest BCUT2D eigenvalue weighted by atomic mass is 10.0. The van der Waals surface area contributed by atoms with Crippen LogP contribution in [0.3, 0.4) is 0 Å². The average Bonchev–Trinajstić information content (AvgIpc) is 2.48. The van der Waals surface area contributed by atoms with Crippen molar-refractivity contribution in [3.8, 4) is 11.5 Å². The SMILES string of the molecule is COc1cc(Br)c(C(Cl)c2cc(Br)ccc2Br)cc1OC. The number of methoxy groups -OCH3 is 2. The van der Waals surface area contributed by atoms with Gasteiger partial charge in [-0.1, -0.05) is 47.8 Å². The smallest absolute Gasteiger partial charge is 0.161 e. The molecular formula is C15H12Br3ClO2. The van der Waals surface area contributed by atoms with Gasteiger partial charge in [-0.2, -0.15) is 0 Å². The van der Waals surface area contributed by atoms with Gasteiger partial charge in [0.2, 0.25) is 0 Å². The molecule has 2 nitrogen and oxygen atoms in total. The summed E-state index contributed by atoms with van der Waals surface area (Å²) < 4.78 is 13.4. The van der Waals surface area contributed by atoms with Crippen LogP contribution >= 0.6 is 59.4 Å². The lowest BCUT2D eigenvalue weighted by molar-refractivity contribution is 0.354. The van der Waals surface area contributed by atoms with Crippen LogP contribution in [0.1, 0.15) is 16.5 Å². The summed E-state index contributed by atoms with van der Waals surface area (Å²) in [6.07, 6.45) is 0. The van der Waals surface area contributed by atoms with Gasteiger partial charge in [0.15, 0.2) is 11.5 Å². The van der Waals surface area contributed by atoms with Crippen LogP contribution in [-0.4, -0.2) is 14.2 Å². The standard InChI is InChI=1S/C15H12Br3ClO2/c1-20-13-6-10(12(18)7-14(13)21-2)15(19)9-5-8(16)3-4-11(9)17/h3-7,15H,1-2H3. The summed E-state index contributed by atoms with van der Waals surface area (Å²) >= 11 is 17.2. The Bertz CT molecular complexity index is 662. The predicted molar refractivity (Wildman–Crippen MR) is 96.8 cm³/mol. The first kappa shape index (κ1) is 17.1. The van der Waals surface area contributed by atoms with Gasteiger partial charge in [0.05, 0.1) is 19.6 Å². The Balaban J connectivity index is 2.52. The summed E-state index contributed by atoms with van der Waals surface area (Å²) in [5.41, 5.74) is 1.88. The summed E-state index contributed by atoms with van der Waals surface area (Å²) in [6, 6.07) is 9.65. The number of ether oxygens (including phenoxy) is 2. The van der Waals surface area contributed by atoms with Crippen molar-refractivity contribution in [2.75, 3.05) is 14.2 Å². The molecule has 0 heterocycles. The van der Waals surface area contributed by atoms with Crippen molar-refractivity contribution in [1.29, 1.82) is 0 Å². The van der Waals surface area contributed by atoms with E-state index in [-0.39, 0.29) is 5.38 Å². The van der Waals surface area contributed by atoms with Crippen molar-refractivity contribution in [2.24, 2.45) is 0 Å². The van der Waals surface area contributed by atoms with Crippen LogP contribution in [0.5, 0.6) is 11.5 Å². The highest BCUT2D eigenvalue weighted by atomic mass is 79.9. The molecule has 0 radical (unpaired) electrons. The number of halogens is 4. The van der Waals surface area contributed by atoms with Gasteiger partial charge in [-0.05, 0) is 41.5 Å². The average molecular weight is 499 g/mol. The Labute approximate surface area is 154 Å². The molecule has 0 N–H and O–H groups in total. The lowest BCUT2D eigenvalue weighted by Gasteiger charge is -2.17. The fourth-order valence-corrected chi connectivity index (χ4v) is 3.97. The summed E-state index contributed by atoms with van der Waals surface area (Å²) in [5.74, 6) is 1.30. The maximum atomic E-state index is 6.66. The molecule has 0 aliphatic heterocycles. The van der Waals surface area contributed by atoms with Crippen LogP contribution in [0, 0.1) is 0 Å². The Hall–Kier alpha value is -0.230. The molecule has 21 heavy (non-hydrogen) atoms. The van der Waals surface area contributed by atoms with E-state index < -0.39 is 0 Å². The largest absolute Gasteiger partial charge is 0.493 e. The lowest BCUT2D eigenvalue weighted by Crippen LogP contribution is -1.99. The zero-order valence-electron chi connectivity index (χ0n) is 11.3. The number of rotatable bonds is 4. The monoisotopic (exact) mass is 496 g/mol. The molecule has 2 aromatic carbocycles. The van der Waals surface area contributed by atoms with E-state index in [2.05, 4.69) is 47.8 Å². The van der Waals surface area contributed by atoms with Gasteiger partial charge in [-0.3, -0.25) is 0 Å². The van der Waals surface area contributed by atoms with Crippen LogP contribution < -0.4 is 9.47 Å². The first-order valence-corrected chi connectivity index (χ1v) is 8.80. The van der Waals surface area contributed by atoms with E-state index in [1.54, 1.807) is 14.2 Å². The zero-order chi connectivity index (χ0) is 15.6. The van der Waals surface area contributed by atoms with E-state index >= 15 is 0 Å². The Morgan fingerprint density at radius 2 is 1.43 bits per heavy atom. The van der Waals surface area contributed by atoms with E-state index in [1.807, 2.05) is 30.3 Å². The molecule has 0 aliphatic carbocycles. The topological polar surface area (TPSA) is 18.5 Å². The molecule has 1 unspecified atom stereocenters. The van der Waals surface area contributed by atoms with Gasteiger partial charge in [-0.15, -0.1) is 11.6 Å². The third kappa shape index (κ3) is 3.76. The second kappa shape index (κ2) is 7.36. The van der Waals surface area contributed by atoms with E-state index in [0.717, 1.165) is 24.5 Å². The van der Waals surface area contributed by atoms with Crippen molar-refractivity contribution in [1.82, 2.24) is 0 Å². The summed E-state index contributed by atoms with van der Waals surface area (Å²) in [5, 5.41) is -0.328. The van der Waals surface area contributed by atoms with Crippen LogP contribution in [0.2, 0.25) is 0 Å². The molecule has 2 rings (SSSR count). The van der Waals surface area contributed by atoms with Crippen molar-refractivity contribution in [3.63, 3.8) is 0 Å². The molecule has 0 spiro atoms. The molecule has 0 fully saturated rings. The minimum atomic E-state index is -0.328. The fourth-order valence-electron chi connectivity index (χ4n) is 1.94. The van der Waals surface area contributed by atoms with Gasteiger partial charge in [0.1, 0.15) is 0 Å². The maximum absolute atomic E-state index is 6.66. The quantitative estimate of drug-likeness (QED) is 0.459.